The Morgan fingerprint density at radius 3 is 2.71 bits per heavy atom. The normalized spacial score (nSPS) is 18.5. The van der Waals surface area contributed by atoms with Crippen LogP contribution in [0.25, 0.3) is 0 Å². The summed E-state index contributed by atoms with van der Waals surface area (Å²) in [4.78, 5) is 24.9. The molecule has 1 aliphatic rings. The number of nitrogens with one attached hydrogen (secondary N) is 1. The van der Waals surface area contributed by atoms with Crippen molar-refractivity contribution in [2.45, 2.75) is 58.5 Å². The maximum atomic E-state index is 12.6. The van der Waals surface area contributed by atoms with Gasteiger partial charge in [-0.15, -0.1) is 0 Å². The van der Waals surface area contributed by atoms with Crippen LogP contribution in [0.15, 0.2) is 24.3 Å². The molecule has 1 fully saturated rings. The van der Waals surface area contributed by atoms with Gasteiger partial charge in [0.25, 0.3) is 5.91 Å². The van der Waals surface area contributed by atoms with Crippen molar-refractivity contribution in [2.24, 2.45) is 5.92 Å². The number of amides is 1. The van der Waals surface area contributed by atoms with Crippen molar-refractivity contribution in [1.82, 2.24) is 5.32 Å². The second-order valence-corrected chi connectivity index (χ2v) is 7.28. The van der Waals surface area contributed by atoms with E-state index in [1.165, 1.54) is 0 Å². The molecule has 0 aliphatic carbocycles. The van der Waals surface area contributed by atoms with E-state index < -0.39 is 18.2 Å². The highest BCUT2D eigenvalue weighted by Gasteiger charge is 2.29. The molecule has 0 saturated carbocycles. The summed E-state index contributed by atoms with van der Waals surface area (Å²) in [6.07, 6.45) is 0.338. The predicted molar refractivity (Wildman–Crippen MR) is 104 cm³/mol. The van der Waals surface area contributed by atoms with Crippen molar-refractivity contribution < 1.29 is 28.5 Å². The minimum Gasteiger partial charge on any atom is -0.497 e. The number of carbonyl (C=O) groups excluding carboxylic acids is 2. The number of methoxy groups -OCH3 is 1. The maximum Gasteiger partial charge on any atom is 0.335 e. The summed E-state index contributed by atoms with van der Waals surface area (Å²) in [6, 6.07) is 7.42. The lowest BCUT2D eigenvalue weighted by Crippen LogP contribution is -2.42. The summed E-state index contributed by atoms with van der Waals surface area (Å²) in [6.45, 7) is 6.70. The Balaban J connectivity index is 1.84. The molecule has 7 heteroatoms. The molecule has 0 spiro atoms. The molecule has 3 atom stereocenters. The van der Waals surface area contributed by atoms with Gasteiger partial charge in [-0.05, 0) is 43.4 Å². The molecular formula is C21H31NO6. The van der Waals surface area contributed by atoms with Crippen molar-refractivity contribution in [1.29, 1.82) is 0 Å². The smallest absolute Gasteiger partial charge is 0.335 e. The highest BCUT2D eigenvalue weighted by molar-refractivity contribution is 5.85. The fourth-order valence-electron chi connectivity index (χ4n) is 2.88. The minimum atomic E-state index is -0.883. The van der Waals surface area contributed by atoms with Gasteiger partial charge < -0.3 is 24.3 Å². The van der Waals surface area contributed by atoms with Gasteiger partial charge in [0.05, 0.1) is 19.8 Å². The molecule has 1 N–H and O–H groups in total. The number of carbonyl (C=O) groups is 2. The lowest BCUT2D eigenvalue weighted by atomic mass is 10.1. The van der Waals surface area contributed by atoms with E-state index in [0.717, 1.165) is 30.8 Å². The Morgan fingerprint density at radius 1 is 1.29 bits per heavy atom. The molecule has 1 saturated heterocycles. The molecule has 0 bridgehead atoms. The molecule has 0 radical (unpaired) electrons. The Labute approximate surface area is 166 Å². The summed E-state index contributed by atoms with van der Waals surface area (Å²) in [5.41, 5.74) is 0.898. The van der Waals surface area contributed by atoms with E-state index >= 15 is 0 Å². The first kappa shape index (κ1) is 22.2. The van der Waals surface area contributed by atoms with Gasteiger partial charge in [0, 0.05) is 13.2 Å². The van der Waals surface area contributed by atoms with Gasteiger partial charge >= 0.3 is 5.97 Å². The van der Waals surface area contributed by atoms with Crippen LogP contribution in [0.4, 0.5) is 0 Å². The summed E-state index contributed by atoms with van der Waals surface area (Å²) in [5.74, 6) is -0.332. The third kappa shape index (κ3) is 6.80. The quantitative estimate of drug-likeness (QED) is 0.615. The molecular weight excluding hydrogens is 362 g/mol. The van der Waals surface area contributed by atoms with E-state index in [1.807, 2.05) is 38.1 Å². The van der Waals surface area contributed by atoms with Crippen LogP contribution in [0.2, 0.25) is 0 Å². The Hall–Kier alpha value is -2.12. The Morgan fingerprint density at radius 2 is 2.07 bits per heavy atom. The molecule has 1 aliphatic heterocycles. The average Bonchev–Trinajstić information content (AvgIpc) is 3.21. The second kappa shape index (κ2) is 11.0. The third-order valence-corrected chi connectivity index (χ3v) is 4.60. The molecule has 1 aromatic rings. The molecule has 2 rings (SSSR count). The van der Waals surface area contributed by atoms with Gasteiger partial charge in [-0.1, -0.05) is 26.0 Å². The zero-order valence-electron chi connectivity index (χ0n) is 17.1. The van der Waals surface area contributed by atoms with Crippen molar-refractivity contribution in [3.63, 3.8) is 0 Å². The summed E-state index contributed by atoms with van der Waals surface area (Å²) in [7, 11) is 1.59. The maximum absolute atomic E-state index is 12.6. The van der Waals surface area contributed by atoms with Gasteiger partial charge in [0.1, 0.15) is 5.75 Å². The fourth-order valence-corrected chi connectivity index (χ4v) is 2.88. The second-order valence-electron chi connectivity index (χ2n) is 7.28. The monoisotopic (exact) mass is 393 g/mol. The lowest BCUT2D eigenvalue weighted by Gasteiger charge is -2.23. The van der Waals surface area contributed by atoms with Crippen LogP contribution >= 0.6 is 0 Å². The number of benzene rings is 1. The predicted octanol–water partition coefficient (Wildman–Crippen LogP) is 2.46. The number of ether oxygens (including phenoxy) is 4. The third-order valence-electron chi connectivity index (χ3n) is 4.60. The van der Waals surface area contributed by atoms with Crippen molar-refractivity contribution in [3.05, 3.63) is 29.8 Å². The summed E-state index contributed by atoms with van der Waals surface area (Å²) < 4.78 is 21.7. The number of hydrogen-bond donors (Lipinski definition) is 1. The Kier molecular flexibility index (Phi) is 8.73. The topological polar surface area (TPSA) is 83.1 Å². The SMILES string of the molecule is COc1cccc(CNC(=O)C(OC(=O)C(C)OCC2CCCO2)C(C)C)c1. The molecule has 156 valence electrons. The number of esters is 1. The van der Waals surface area contributed by atoms with E-state index in [0.29, 0.717) is 13.2 Å². The van der Waals surface area contributed by atoms with Crippen LogP contribution in [0.1, 0.15) is 39.2 Å². The van der Waals surface area contributed by atoms with Gasteiger partial charge in [0.15, 0.2) is 12.2 Å². The first-order valence-corrected chi connectivity index (χ1v) is 9.75. The molecule has 28 heavy (non-hydrogen) atoms. The molecule has 1 heterocycles. The summed E-state index contributed by atoms with van der Waals surface area (Å²) >= 11 is 0. The van der Waals surface area contributed by atoms with E-state index in [1.54, 1.807) is 14.0 Å². The van der Waals surface area contributed by atoms with Crippen LogP contribution in [0.3, 0.4) is 0 Å². The number of hydrogen-bond acceptors (Lipinski definition) is 6. The molecule has 0 aromatic heterocycles. The van der Waals surface area contributed by atoms with Crippen LogP contribution in [-0.2, 0) is 30.3 Å². The average molecular weight is 393 g/mol. The van der Waals surface area contributed by atoms with Crippen molar-refractivity contribution >= 4 is 11.9 Å². The molecule has 7 nitrogen and oxygen atoms in total. The van der Waals surface area contributed by atoms with E-state index in [-0.39, 0.29) is 17.9 Å². The lowest BCUT2D eigenvalue weighted by molar-refractivity contribution is -0.169. The summed E-state index contributed by atoms with van der Waals surface area (Å²) in [5, 5.41) is 2.82. The zero-order chi connectivity index (χ0) is 20.5. The Bertz CT molecular complexity index is 642. The van der Waals surface area contributed by atoms with Crippen LogP contribution in [0, 0.1) is 5.92 Å². The van der Waals surface area contributed by atoms with Crippen molar-refractivity contribution in [3.8, 4) is 5.75 Å². The van der Waals surface area contributed by atoms with Gasteiger partial charge in [-0.3, -0.25) is 4.79 Å². The first-order valence-electron chi connectivity index (χ1n) is 9.75. The van der Waals surface area contributed by atoms with Gasteiger partial charge in [0.2, 0.25) is 0 Å². The van der Waals surface area contributed by atoms with E-state index in [2.05, 4.69) is 5.32 Å². The molecule has 1 amide bonds. The van der Waals surface area contributed by atoms with E-state index in [4.69, 9.17) is 18.9 Å². The van der Waals surface area contributed by atoms with Crippen LogP contribution < -0.4 is 10.1 Å². The highest BCUT2D eigenvalue weighted by Crippen LogP contribution is 2.15. The van der Waals surface area contributed by atoms with Gasteiger partial charge in [-0.25, -0.2) is 4.79 Å². The van der Waals surface area contributed by atoms with E-state index in [9.17, 15) is 9.59 Å². The van der Waals surface area contributed by atoms with Crippen molar-refractivity contribution in [2.75, 3.05) is 20.3 Å². The minimum absolute atomic E-state index is 0.0299. The standard InChI is InChI=1S/C21H31NO6/c1-14(2)19(20(23)22-12-16-7-5-8-17(11-16)25-4)28-21(24)15(3)27-13-18-9-6-10-26-18/h5,7-8,11,14-15,18-19H,6,9-10,12-13H2,1-4H3,(H,22,23). The fraction of sp³-hybridized carbons (Fsp3) is 0.619. The number of rotatable bonds is 10. The first-order chi connectivity index (χ1) is 13.4. The molecule has 3 unspecified atom stereocenters. The van der Waals surface area contributed by atoms with Crippen LogP contribution in [-0.4, -0.2) is 50.5 Å². The molecule has 1 aromatic carbocycles. The highest BCUT2D eigenvalue weighted by atomic mass is 16.6. The zero-order valence-corrected chi connectivity index (χ0v) is 17.1. The largest absolute Gasteiger partial charge is 0.497 e. The van der Waals surface area contributed by atoms with Gasteiger partial charge in [-0.2, -0.15) is 0 Å². The van der Waals surface area contributed by atoms with Crippen LogP contribution in [0.5, 0.6) is 5.75 Å².